The first kappa shape index (κ1) is 13.6. The summed E-state index contributed by atoms with van der Waals surface area (Å²) in [6.07, 6.45) is 4.44. The third-order valence-electron chi connectivity index (χ3n) is 1.39. The zero-order valence-corrected chi connectivity index (χ0v) is 9.98. The van der Waals surface area contributed by atoms with Gasteiger partial charge >= 0.3 is 0 Å². The van der Waals surface area contributed by atoms with Crippen molar-refractivity contribution >= 4 is 0 Å². The van der Waals surface area contributed by atoms with Gasteiger partial charge in [-0.1, -0.05) is 6.92 Å². The van der Waals surface area contributed by atoms with Crippen LogP contribution in [0.4, 0.5) is 0 Å². The summed E-state index contributed by atoms with van der Waals surface area (Å²) in [6, 6.07) is 0. The van der Waals surface area contributed by atoms with Gasteiger partial charge in [-0.2, -0.15) is 0 Å². The fraction of sp³-hybridized carbons (Fsp3) is 0.750. The predicted octanol–water partition coefficient (Wildman–Crippen LogP) is 1.75. The second kappa shape index (κ2) is 10.1. The first-order chi connectivity index (χ1) is 4.31. The maximum absolute atomic E-state index is 3.76. The smallest absolute Gasteiger partial charge is 0 e. The molecule has 0 aliphatic carbocycles. The fourth-order valence-electron chi connectivity index (χ4n) is 0.585. The first-order valence-corrected chi connectivity index (χ1v) is 3.60. The molecule has 59 valence electrons. The third-order valence-corrected chi connectivity index (χ3v) is 1.39. The zero-order valence-electron chi connectivity index (χ0n) is 7.14. The van der Waals surface area contributed by atoms with E-state index in [4.69, 9.17) is 0 Å². The molecular formula is C8H17NY-2. The summed E-state index contributed by atoms with van der Waals surface area (Å²) in [5.74, 6) is 0. The first-order valence-electron chi connectivity index (χ1n) is 3.60. The summed E-state index contributed by atoms with van der Waals surface area (Å²) in [5.41, 5.74) is 0. The van der Waals surface area contributed by atoms with Crippen molar-refractivity contribution < 1.29 is 32.7 Å². The molecule has 0 atom stereocenters. The van der Waals surface area contributed by atoms with Crippen LogP contribution in [0, 0.1) is 13.3 Å². The van der Waals surface area contributed by atoms with Gasteiger partial charge in [-0.05, 0) is 13.6 Å². The van der Waals surface area contributed by atoms with Gasteiger partial charge in [0, 0.05) is 32.7 Å². The van der Waals surface area contributed by atoms with Crippen molar-refractivity contribution in [3.63, 3.8) is 0 Å². The van der Waals surface area contributed by atoms with E-state index in [9.17, 15) is 0 Å². The monoisotopic (exact) mass is 216 g/mol. The van der Waals surface area contributed by atoms with Crippen molar-refractivity contribution in [1.29, 1.82) is 0 Å². The Balaban J connectivity index is 0. The normalized spacial score (nSPS) is 9.60. The number of nitrogens with zero attached hydrogens (tertiary/aromatic N) is 1. The van der Waals surface area contributed by atoms with E-state index in [0.29, 0.717) is 0 Å². The van der Waals surface area contributed by atoms with Crippen LogP contribution >= 0.6 is 0 Å². The van der Waals surface area contributed by atoms with Crippen molar-refractivity contribution in [3.8, 4) is 0 Å². The van der Waals surface area contributed by atoms with Gasteiger partial charge in [0.1, 0.15) is 0 Å². The second-order valence-electron chi connectivity index (χ2n) is 2.29. The zero-order chi connectivity index (χ0) is 7.11. The molecule has 0 saturated carbocycles. The van der Waals surface area contributed by atoms with Crippen LogP contribution in [0.15, 0.2) is 0 Å². The third kappa shape index (κ3) is 9.06. The summed E-state index contributed by atoms with van der Waals surface area (Å²) in [6.45, 7) is 8.16. The molecule has 0 aliphatic heterocycles. The molecular weight excluding hydrogens is 199 g/mol. The van der Waals surface area contributed by atoms with Crippen LogP contribution in [-0.2, 0) is 32.7 Å². The van der Waals surface area contributed by atoms with Crippen LogP contribution in [0.1, 0.15) is 19.8 Å². The van der Waals surface area contributed by atoms with E-state index < -0.39 is 0 Å². The topological polar surface area (TPSA) is 3.24 Å². The van der Waals surface area contributed by atoms with Crippen LogP contribution in [0.3, 0.4) is 0 Å². The summed E-state index contributed by atoms with van der Waals surface area (Å²) in [7, 11) is 2.12. The van der Waals surface area contributed by atoms with E-state index in [0.717, 1.165) is 25.9 Å². The summed E-state index contributed by atoms with van der Waals surface area (Å²) < 4.78 is 0. The van der Waals surface area contributed by atoms with Gasteiger partial charge in [0.25, 0.3) is 0 Å². The van der Waals surface area contributed by atoms with Crippen LogP contribution < -0.4 is 0 Å². The second-order valence-corrected chi connectivity index (χ2v) is 2.29. The number of hydrogen-bond donors (Lipinski definition) is 0. The van der Waals surface area contributed by atoms with Crippen molar-refractivity contribution in [2.24, 2.45) is 0 Å². The Labute approximate surface area is 90.4 Å². The molecule has 0 unspecified atom stereocenters. The number of unbranched alkanes of at least 4 members (excludes halogenated alkanes) is 2. The minimum Gasteiger partial charge on any atom is -0.346 e. The van der Waals surface area contributed by atoms with Gasteiger partial charge < -0.3 is 18.2 Å². The summed E-state index contributed by atoms with van der Waals surface area (Å²) >= 11 is 0. The van der Waals surface area contributed by atoms with Gasteiger partial charge in [0.15, 0.2) is 0 Å². The fourth-order valence-corrected chi connectivity index (χ4v) is 0.585. The predicted molar refractivity (Wildman–Crippen MR) is 42.1 cm³/mol. The van der Waals surface area contributed by atoms with E-state index in [-0.39, 0.29) is 32.7 Å². The molecule has 0 saturated heterocycles. The molecule has 0 spiro atoms. The Bertz CT molecular complexity index is 57.2. The molecule has 10 heavy (non-hydrogen) atoms. The standard InChI is InChI=1S/C8H17N.Y/c1-4-6-7-8-9(3)5-2;/h7H,1,4-6,8H2,2-3H3;/q-2;. The van der Waals surface area contributed by atoms with Gasteiger partial charge in [-0.3, -0.25) is 0 Å². The molecule has 0 heterocycles. The van der Waals surface area contributed by atoms with Crippen LogP contribution in [0.5, 0.6) is 0 Å². The van der Waals surface area contributed by atoms with E-state index in [1.165, 1.54) is 0 Å². The van der Waals surface area contributed by atoms with Gasteiger partial charge in [-0.15, -0.1) is 6.54 Å². The van der Waals surface area contributed by atoms with E-state index in [1.807, 2.05) is 0 Å². The van der Waals surface area contributed by atoms with E-state index in [2.05, 4.69) is 32.2 Å². The maximum Gasteiger partial charge on any atom is 0 e. The Morgan fingerprint density at radius 3 is 2.50 bits per heavy atom. The van der Waals surface area contributed by atoms with Gasteiger partial charge in [0.2, 0.25) is 0 Å². The quantitative estimate of drug-likeness (QED) is 0.500. The average Bonchev–Trinajstić information content (AvgIpc) is 1.89. The Hall–Kier alpha value is 1.06. The molecule has 1 radical (unpaired) electrons. The molecule has 0 aromatic carbocycles. The number of rotatable bonds is 5. The van der Waals surface area contributed by atoms with Crippen LogP contribution in [0.2, 0.25) is 0 Å². The number of hydrogen-bond acceptors (Lipinski definition) is 1. The Kier molecular flexibility index (Phi) is 13.7. The average molecular weight is 216 g/mol. The summed E-state index contributed by atoms with van der Waals surface area (Å²) in [4.78, 5) is 2.27. The molecule has 0 aliphatic rings. The minimum atomic E-state index is 0. The SMILES string of the molecule is [CH2-]CC[CH-]CN(C)CC.[Y]. The Morgan fingerprint density at radius 1 is 1.50 bits per heavy atom. The van der Waals surface area contributed by atoms with Crippen molar-refractivity contribution in [2.75, 3.05) is 20.1 Å². The molecule has 0 bridgehead atoms. The molecule has 1 nitrogen and oxygen atoms in total. The molecule has 0 N–H and O–H groups in total. The molecule has 0 amide bonds. The largest absolute Gasteiger partial charge is 0.346 e. The van der Waals surface area contributed by atoms with Crippen molar-refractivity contribution in [2.45, 2.75) is 19.8 Å². The van der Waals surface area contributed by atoms with Crippen molar-refractivity contribution in [1.82, 2.24) is 4.90 Å². The van der Waals surface area contributed by atoms with Gasteiger partial charge in [-0.25, -0.2) is 12.8 Å². The molecule has 2 heteroatoms. The van der Waals surface area contributed by atoms with Crippen LogP contribution in [-0.4, -0.2) is 25.0 Å². The minimum absolute atomic E-state index is 0. The van der Waals surface area contributed by atoms with E-state index in [1.54, 1.807) is 0 Å². The van der Waals surface area contributed by atoms with Gasteiger partial charge in [0.05, 0.1) is 0 Å². The molecule has 0 fully saturated rings. The molecule has 0 rings (SSSR count). The summed E-state index contributed by atoms with van der Waals surface area (Å²) in [5, 5.41) is 0. The van der Waals surface area contributed by atoms with Crippen molar-refractivity contribution in [3.05, 3.63) is 13.3 Å². The van der Waals surface area contributed by atoms with Crippen LogP contribution in [0.25, 0.3) is 0 Å². The molecule has 0 aromatic rings. The maximum atomic E-state index is 3.76. The van der Waals surface area contributed by atoms with E-state index >= 15 is 0 Å². The molecule has 0 aromatic heterocycles. The Morgan fingerprint density at radius 2 is 2.10 bits per heavy atom.